The Hall–Kier alpha value is -0.410. The highest BCUT2D eigenvalue weighted by atomic mass is 32.1. The van der Waals surface area contributed by atoms with Crippen LogP contribution in [0.25, 0.3) is 0 Å². The number of thiazole rings is 1. The van der Waals surface area contributed by atoms with E-state index >= 15 is 0 Å². The molecule has 17 heavy (non-hydrogen) atoms. The van der Waals surface area contributed by atoms with E-state index in [4.69, 9.17) is 4.98 Å². The van der Waals surface area contributed by atoms with Gasteiger partial charge in [0, 0.05) is 4.88 Å². The molecule has 1 aromatic heterocycles. The van der Waals surface area contributed by atoms with E-state index in [9.17, 15) is 0 Å². The van der Waals surface area contributed by atoms with Gasteiger partial charge < -0.3 is 5.32 Å². The highest BCUT2D eigenvalue weighted by molar-refractivity contribution is 7.11. The van der Waals surface area contributed by atoms with Crippen molar-refractivity contribution in [2.75, 3.05) is 7.05 Å². The molecule has 0 saturated heterocycles. The second-order valence-electron chi connectivity index (χ2n) is 4.71. The number of nitrogens with one attached hydrogen (secondary N) is 1. The molecule has 0 aliphatic rings. The maximum atomic E-state index is 4.86. The fourth-order valence-electron chi connectivity index (χ4n) is 2.51. The predicted octanol–water partition coefficient (Wildman–Crippen LogP) is 4.03. The fraction of sp³-hybridized carbons (Fsp3) is 0.786. The van der Waals surface area contributed by atoms with Crippen molar-refractivity contribution in [3.63, 3.8) is 0 Å². The Morgan fingerprint density at radius 1 is 1.18 bits per heavy atom. The monoisotopic (exact) mass is 254 g/mol. The van der Waals surface area contributed by atoms with Gasteiger partial charge in [-0.25, -0.2) is 4.98 Å². The molecule has 0 aliphatic heterocycles. The van der Waals surface area contributed by atoms with Crippen LogP contribution in [0.2, 0.25) is 0 Å². The van der Waals surface area contributed by atoms with Gasteiger partial charge in [-0.2, -0.15) is 0 Å². The second kappa shape index (κ2) is 6.50. The van der Waals surface area contributed by atoms with E-state index in [1.165, 1.54) is 41.3 Å². The van der Waals surface area contributed by atoms with Crippen molar-refractivity contribution in [3.8, 4) is 0 Å². The summed E-state index contributed by atoms with van der Waals surface area (Å²) >= 11 is 1.88. The van der Waals surface area contributed by atoms with Crippen LogP contribution in [-0.4, -0.2) is 12.0 Å². The van der Waals surface area contributed by atoms with Gasteiger partial charge in [-0.15, -0.1) is 11.3 Å². The Morgan fingerprint density at radius 3 is 2.12 bits per heavy atom. The van der Waals surface area contributed by atoms with Crippen molar-refractivity contribution in [1.29, 1.82) is 0 Å². The molecule has 0 fully saturated rings. The molecule has 1 heterocycles. The smallest absolute Gasteiger partial charge is 0.113 e. The third-order valence-corrected chi connectivity index (χ3v) is 4.69. The van der Waals surface area contributed by atoms with Gasteiger partial charge in [0.15, 0.2) is 0 Å². The molecular formula is C14H26N2S. The van der Waals surface area contributed by atoms with Gasteiger partial charge in [-0.1, -0.05) is 33.6 Å². The first kappa shape index (κ1) is 14.7. The average Bonchev–Trinajstić information content (AvgIpc) is 2.70. The fourth-order valence-corrected chi connectivity index (χ4v) is 3.77. The second-order valence-corrected chi connectivity index (χ2v) is 5.91. The molecule has 0 spiro atoms. The van der Waals surface area contributed by atoms with Gasteiger partial charge >= 0.3 is 0 Å². The summed E-state index contributed by atoms with van der Waals surface area (Å²) in [5, 5.41) is 4.84. The van der Waals surface area contributed by atoms with Gasteiger partial charge in [-0.3, -0.25) is 0 Å². The number of aromatic nitrogens is 1. The van der Waals surface area contributed by atoms with E-state index in [0.29, 0.717) is 0 Å². The molecule has 1 aromatic rings. The standard InChI is InChI=1S/C14H26N2S/c1-6-9-14(15-5,10-7-2)13-16-12(8-3)11(4)17-13/h15H,6-10H2,1-5H3. The summed E-state index contributed by atoms with van der Waals surface area (Å²) in [5.41, 5.74) is 1.38. The summed E-state index contributed by atoms with van der Waals surface area (Å²) in [4.78, 5) is 6.25. The van der Waals surface area contributed by atoms with Crippen molar-refractivity contribution in [2.24, 2.45) is 0 Å². The van der Waals surface area contributed by atoms with E-state index in [2.05, 4.69) is 40.1 Å². The van der Waals surface area contributed by atoms with Crippen LogP contribution in [0.3, 0.4) is 0 Å². The van der Waals surface area contributed by atoms with E-state index in [-0.39, 0.29) is 5.54 Å². The minimum atomic E-state index is 0.104. The lowest BCUT2D eigenvalue weighted by Crippen LogP contribution is -2.39. The van der Waals surface area contributed by atoms with Crippen molar-refractivity contribution in [3.05, 3.63) is 15.6 Å². The molecule has 0 bridgehead atoms. The third-order valence-electron chi connectivity index (χ3n) is 3.47. The predicted molar refractivity (Wildman–Crippen MR) is 76.8 cm³/mol. The lowest BCUT2D eigenvalue weighted by molar-refractivity contribution is 0.300. The van der Waals surface area contributed by atoms with E-state index < -0.39 is 0 Å². The van der Waals surface area contributed by atoms with Crippen molar-refractivity contribution in [2.45, 2.75) is 65.3 Å². The van der Waals surface area contributed by atoms with E-state index in [0.717, 1.165) is 6.42 Å². The number of hydrogen-bond acceptors (Lipinski definition) is 3. The average molecular weight is 254 g/mol. The first-order valence-corrected chi connectivity index (χ1v) is 7.60. The summed E-state index contributed by atoms with van der Waals surface area (Å²) in [7, 11) is 2.08. The molecule has 1 rings (SSSR count). The highest BCUT2D eigenvalue weighted by Gasteiger charge is 2.32. The van der Waals surface area contributed by atoms with Crippen LogP contribution < -0.4 is 5.32 Å². The summed E-state index contributed by atoms with van der Waals surface area (Å²) in [5.74, 6) is 0. The van der Waals surface area contributed by atoms with Gasteiger partial charge in [0.05, 0.1) is 11.2 Å². The Balaban J connectivity index is 3.10. The Morgan fingerprint density at radius 2 is 1.76 bits per heavy atom. The van der Waals surface area contributed by atoms with Crippen LogP contribution in [-0.2, 0) is 12.0 Å². The van der Waals surface area contributed by atoms with Crippen molar-refractivity contribution in [1.82, 2.24) is 10.3 Å². The zero-order valence-corrected chi connectivity index (χ0v) is 12.7. The number of nitrogens with zero attached hydrogens (tertiary/aromatic N) is 1. The van der Waals surface area contributed by atoms with Crippen LogP contribution in [0.4, 0.5) is 0 Å². The molecule has 0 unspecified atom stereocenters. The first-order chi connectivity index (χ1) is 8.13. The Kier molecular flexibility index (Phi) is 5.60. The van der Waals surface area contributed by atoms with Gasteiger partial charge in [0.1, 0.15) is 5.01 Å². The van der Waals surface area contributed by atoms with Crippen LogP contribution in [0.1, 0.15) is 62.0 Å². The van der Waals surface area contributed by atoms with Crippen molar-refractivity contribution < 1.29 is 0 Å². The van der Waals surface area contributed by atoms with E-state index in [1.54, 1.807) is 0 Å². The normalized spacial score (nSPS) is 12.1. The number of rotatable bonds is 7. The molecule has 0 radical (unpaired) electrons. The molecule has 98 valence electrons. The zero-order chi connectivity index (χ0) is 12.9. The highest BCUT2D eigenvalue weighted by Crippen LogP contribution is 2.35. The minimum Gasteiger partial charge on any atom is -0.308 e. The van der Waals surface area contributed by atoms with Crippen LogP contribution in [0.15, 0.2) is 0 Å². The van der Waals surface area contributed by atoms with Crippen LogP contribution >= 0.6 is 11.3 Å². The molecule has 0 atom stereocenters. The third kappa shape index (κ3) is 3.08. The molecular weight excluding hydrogens is 228 g/mol. The Labute approximate surface area is 110 Å². The van der Waals surface area contributed by atoms with Crippen LogP contribution in [0, 0.1) is 6.92 Å². The van der Waals surface area contributed by atoms with Crippen molar-refractivity contribution >= 4 is 11.3 Å². The molecule has 0 amide bonds. The molecule has 0 aromatic carbocycles. The lowest BCUT2D eigenvalue weighted by atomic mass is 9.89. The topological polar surface area (TPSA) is 24.9 Å². The Bertz CT molecular complexity index is 338. The SMILES string of the molecule is CCCC(CCC)(NC)c1nc(CC)c(C)s1. The van der Waals surface area contributed by atoms with Gasteiger partial charge in [0.25, 0.3) is 0 Å². The summed E-state index contributed by atoms with van der Waals surface area (Å²) in [6.07, 6.45) is 5.78. The molecule has 3 heteroatoms. The molecule has 1 N–H and O–H groups in total. The first-order valence-electron chi connectivity index (χ1n) is 6.79. The van der Waals surface area contributed by atoms with Crippen LogP contribution in [0.5, 0.6) is 0 Å². The van der Waals surface area contributed by atoms with Gasteiger partial charge in [0.2, 0.25) is 0 Å². The molecule has 0 aliphatic carbocycles. The number of aryl methyl sites for hydroxylation is 2. The van der Waals surface area contributed by atoms with E-state index in [1.807, 2.05) is 11.3 Å². The minimum absolute atomic E-state index is 0.104. The lowest BCUT2D eigenvalue weighted by Gasteiger charge is -2.31. The maximum absolute atomic E-state index is 4.86. The van der Waals surface area contributed by atoms with Gasteiger partial charge in [-0.05, 0) is 33.2 Å². The summed E-state index contributed by atoms with van der Waals surface area (Å²) < 4.78 is 0. The quantitative estimate of drug-likeness (QED) is 0.794. The largest absolute Gasteiger partial charge is 0.308 e. The molecule has 2 nitrogen and oxygen atoms in total. The zero-order valence-electron chi connectivity index (χ0n) is 11.9. The maximum Gasteiger partial charge on any atom is 0.113 e. The number of hydrogen-bond donors (Lipinski definition) is 1. The summed E-state index contributed by atoms with van der Waals surface area (Å²) in [6, 6.07) is 0. The summed E-state index contributed by atoms with van der Waals surface area (Å²) in [6.45, 7) is 8.89. The molecule has 0 saturated carbocycles.